The molecule has 136 valence electrons. The van der Waals surface area contributed by atoms with Crippen molar-refractivity contribution in [3.63, 3.8) is 0 Å². The van der Waals surface area contributed by atoms with E-state index in [0.29, 0.717) is 36.6 Å². The third-order valence-electron chi connectivity index (χ3n) is 4.84. The Morgan fingerprint density at radius 1 is 1.31 bits per heavy atom. The largest absolute Gasteiger partial charge is 0.478 e. The van der Waals surface area contributed by atoms with E-state index in [9.17, 15) is 19.5 Å². The normalized spacial score (nSPS) is 16.7. The van der Waals surface area contributed by atoms with Gasteiger partial charge in [0.1, 0.15) is 5.82 Å². The summed E-state index contributed by atoms with van der Waals surface area (Å²) >= 11 is 0. The molecule has 1 aromatic heterocycles. The third-order valence-corrected chi connectivity index (χ3v) is 4.84. The zero-order chi connectivity index (χ0) is 18.8. The van der Waals surface area contributed by atoms with Crippen LogP contribution in [0, 0.1) is 13.8 Å². The Kier molecular flexibility index (Phi) is 4.88. The SMILES string of the molecule is Cc1nc(C)c(CC(=O)N2CCC(c3ccccc3C(=O)O)C2)c(=O)[nH]1. The lowest BCUT2D eigenvalue weighted by Crippen LogP contribution is -2.32. The summed E-state index contributed by atoms with van der Waals surface area (Å²) in [5.41, 5.74) is 1.69. The van der Waals surface area contributed by atoms with Gasteiger partial charge in [0.2, 0.25) is 5.91 Å². The van der Waals surface area contributed by atoms with Crippen LogP contribution in [0.5, 0.6) is 0 Å². The first-order chi connectivity index (χ1) is 12.4. The van der Waals surface area contributed by atoms with Crippen LogP contribution in [0.15, 0.2) is 29.1 Å². The minimum atomic E-state index is -0.960. The second-order valence-corrected chi connectivity index (χ2v) is 6.61. The number of hydrogen-bond acceptors (Lipinski definition) is 4. The highest BCUT2D eigenvalue weighted by Gasteiger charge is 2.30. The summed E-state index contributed by atoms with van der Waals surface area (Å²) in [5.74, 6) is -0.588. The van der Waals surface area contributed by atoms with E-state index in [1.165, 1.54) is 0 Å². The quantitative estimate of drug-likeness (QED) is 0.868. The van der Waals surface area contributed by atoms with Gasteiger partial charge in [-0.25, -0.2) is 9.78 Å². The zero-order valence-corrected chi connectivity index (χ0v) is 14.8. The molecule has 1 saturated heterocycles. The molecule has 0 radical (unpaired) electrons. The van der Waals surface area contributed by atoms with Gasteiger partial charge in [-0.1, -0.05) is 18.2 Å². The Morgan fingerprint density at radius 3 is 2.73 bits per heavy atom. The van der Waals surface area contributed by atoms with E-state index in [4.69, 9.17) is 0 Å². The van der Waals surface area contributed by atoms with Crippen LogP contribution in [-0.4, -0.2) is 44.9 Å². The smallest absolute Gasteiger partial charge is 0.335 e. The number of carboxylic acids is 1. The Balaban J connectivity index is 1.75. The van der Waals surface area contributed by atoms with Crippen molar-refractivity contribution in [3.8, 4) is 0 Å². The van der Waals surface area contributed by atoms with Crippen molar-refractivity contribution in [1.82, 2.24) is 14.9 Å². The minimum absolute atomic E-state index is 0.00173. The van der Waals surface area contributed by atoms with Gasteiger partial charge in [0.15, 0.2) is 0 Å². The Labute approximate surface area is 150 Å². The molecule has 1 aromatic carbocycles. The average molecular weight is 355 g/mol. The topological polar surface area (TPSA) is 103 Å². The molecule has 3 rings (SSSR count). The van der Waals surface area contributed by atoms with Crippen molar-refractivity contribution in [2.24, 2.45) is 0 Å². The van der Waals surface area contributed by atoms with E-state index in [1.807, 2.05) is 6.07 Å². The van der Waals surface area contributed by atoms with Crippen LogP contribution in [0.2, 0.25) is 0 Å². The summed E-state index contributed by atoms with van der Waals surface area (Å²) in [4.78, 5) is 44.7. The number of aromatic carboxylic acids is 1. The number of carbonyl (C=O) groups excluding carboxylic acids is 1. The first-order valence-electron chi connectivity index (χ1n) is 8.53. The van der Waals surface area contributed by atoms with E-state index in [2.05, 4.69) is 9.97 Å². The molecule has 7 nitrogen and oxygen atoms in total. The number of nitrogens with one attached hydrogen (secondary N) is 1. The van der Waals surface area contributed by atoms with Gasteiger partial charge in [-0.05, 0) is 31.9 Å². The molecule has 1 amide bonds. The van der Waals surface area contributed by atoms with Crippen molar-refractivity contribution in [1.29, 1.82) is 0 Å². The second kappa shape index (κ2) is 7.11. The number of rotatable bonds is 4. The van der Waals surface area contributed by atoms with Crippen LogP contribution in [0.3, 0.4) is 0 Å². The zero-order valence-electron chi connectivity index (χ0n) is 14.8. The summed E-state index contributed by atoms with van der Waals surface area (Å²) in [6.45, 7) is 4.43. The number of carbonyl (C=O) groups is 2. The molecular formula is C19H21N3O4. The van der Waals surface area contributed by atoms with Gasteiger partial charge in [0.25, 0.3) is 5.56 Å². The Bertz CT molecular complexity index is 919. The van der Waals surface area contributed by atoms with Crippen LogP contribution < -0.4 is 5.56 Å². The average Bonchev–Trinajstić information content (AvgIpc) is 3.08. The summed E-state index contributed by atoms with van der Waals surface area (Å²) in [6.07, 6.45) is 0.708. The van der Waals surface area contributed by atoms with Gasteiger partial charge in [-0.15, -0.1) is 0 Å². The van der Waals surface area contributed by atoms with Crippen LogP contribution in [0.25, 0.3) is 0 Å². The number of H-pyrrole nitrogens is 1. The van der Waals surface area contributed by atoms with E-state index >= 15 is 0 Å². The fraction of sp³-hybridized carbons (Fsp3) is 0.368. The Hall–Kier alpha value is -2.96. The van der Waals surface area contributed by atoms with Gasteiger partial charge in [0.05, 0.1) is 12.0 Å². The van der Waals surface area contributed by atoms with Gasteiger partial charge in [0, 0.05) is 30.3 Å². The van der Waals surface area contributed by atoms with Crippen LogP contribution in [-0.2, 0) is 11.2 Å². The molecule has 26 heavy (non-hydrogen) atoms. The monoisotopic (exact) mass is 355 g/mol. The van der Waals surface area contributed by atoms with Gasteiger partial charge in [-0.3, -0.25) is 9.59 Å². The van der Waals surface area contributed by atoms with Crippen LogP contribution in [0.1, 0.15) is 45.3 Å². The molecule has 1 fully saturated rings. The van der Waals surface area contributed by atoms with E-state index in [0.717, 1.165) is 5.56 Å². The molecule has 1 unspecified atom stereocenters. The lowest BCUT2D eigenvalue weighted by atomic mass is 9.93. The molecule has 2 N–H and O–H groups in total. The summed E-state index contributed by atoms with van der Waals surface area (Å²) in [7, 11) is 0. The fourth-order valence-corrected chi connectivity index (χ4v) is 3.51. The predicted molar refractivity (Wildman–Crippen MR) is 95.4 cm³/mol. The predicted octanol–water partition coefficient (Wildman–Crippen LogP) is 1.64. The van der Waals surface area contributed by atoms with E-state index < -0.39 is 5.97 Å². The first-order valence-corrected chi connectivity index (χ1v) is 8.53. The molecule has 0 aliphatic carbocycles. The number of likely N-dealkylation sites (tertiary alicyclic amines) is 1. The molecule has 2 heterocycles. The lowest BCUT2D eigenvalue weighted by Gasteiger charge is -2.18. The van der Waals surface area contributed by atoms with Crippen molar-refractivity contribution in [2.45, 2.75) is 32.6 Å². The number of benzene rings is 1. The number of aromatic nitrogens is 2. The molecule has 1 aliphatic heterocycles. The highest BCUT2D eigenvalue weighted by Crippen LogP contribution is 2.30. The standard InChI is InChI=1S/C19H21N3O4/c1-11-16(18(24)21-12(2)20-11)9-17(23)22-8-7-13(10-22)14-5-3-4-6-15(14)19(25)26/h3-6,13H,7-10H2,1-2H3,(H,25,26)(H,20,21,24). The fourth-order valence-electron chi connectivity index (χ4n) is 3.51. The molecule has 0 spiro atoms. The summed E-state index contributed by atoms with van der Waals surface area (Å²) in [6, 6.07) is 6.90. The molecule has 0 saturated carbocycles. The van der Waals surface area contributed by atoms with Crippen molar-refractivity contribution < 1.29 is 14.7 Å². The number of hydrogen-bond donors (Lipinski definition) is 2. The molecular weight excluding hydrogens is 334 g/mol. The number of amides is 1. The molecule has 0 bridgehead atoms. The Morgan fingerprint density at radius 2 is 2.04 bits per heavy atom. The third kappa shape index (κ3) is 3.51. The summed E-state index contributed by atoms with van der Waals surface area (Å²) in [5, 5.41) is 9.35. The minimum Gasteiger partial charge on any atom is -0.478 e. The van der Waals surface area contributed by atoms with Crippen molar-refractivity contribution >= 4 is 11.9 Å². The van der Waals surface area contributed by atoms with Crippen molar-refractivity contribution in [3.05, 3.63) is 62.8 Å². The highest BCUT2D eigenvalue weighted by molar-refractivity contribution is 5.89. The maximum atomic E-state index is 12.6. The van der Waals surface area contributed by atoms with Gasteiger partial charge < -0.3 is 15.0 Å². The maximum absolute atomic E-state index is 12.6. The molecule has 7 heteroatoms. The highest BCUT2D eigenvalue weighted by atomic mass is 16.4. The van der Waals surface area contributed by atoms with E-state index in [-0.39, 0.29) is 29.4 Å². The number of carboxylic acid groups (broad SMARTS) is 1. The van der Waals surface area contributed by atoms with Gasteiger partial charge in [-0.2, -0.15) is 0 Å². The van der Waals surface area contributed by atoms with E-state index in [1.54, 1.807) is 36.9 Å². The lowest BCUT2D eigenvalue weighted by molar-refractivity contribution is -0.129. The van der Waals surface area contributed by atoms with Crippen LogP contribution >= 0.6 is 0 Å². The number of aromatic amines is 1. The molecule has 1 atom stereocenters. The summed E-state index contributed by atoms with van der Waals surface area (Å²) < 4.78 is 0. The van der Waals surface area contributed by atoms with Crippen LogP contribution in [0.4, 0.5) is 0 Å². The number of nitrogens with zero attached hydrogens (tertiary/aromatic N) is 2. The van der Waals surface area contributed by atoms with Crippen molar-refractivity contribution in [2.75, 3.05) is 13.1 Å². The number of aryl methyl sites for hydroxylation is 2. The molecule has 1 aliphatic rings. The second-order valence-electron chi connectivity index (χ2n) is 6.61. The first kappa shape index (κ1) is 17.8. The maximum Gasteiger partial charge on any atom is 0.335 e. The van der Waals surface area contributed by atoms with Gasteiger partial charge >= 0.3 is 5.97 Å². The molecule has 2 aromatic rings.